The summed E-state index contributed by atoms with van der Waals surface area (Å²) in [6.45, 7) is 44.8. The highest BCUT2D eigenvalue weighted by atomic mass is 79.9. The van der Waals surface area contributed by atoms with Gasteiger partial charge in [0.25, 0.3) is 0 Å². The molecule has 6 unspecified atom stereocenters. The smallest absolute Gasteiger partial charge is 0.312 e. The van der Waals surface area contributed by atoms with Crippen LogP contribution in [0.5, 0.6) is 0 Å². The molecule has 0 aliphatic rings. The number of hydrogen-bond acceptors (Lipinski definition) is 10. The van der Waals surface area contributed by atoms with E-state index in [4.69, 9.17) is 14.6 Å². The highest BCUT2D eigenvalue weighted by molar-refractivity contribution is 9.11. The van der Waals surface area contributed by atoms with Crippen molar-refractivity contribution in [2.75, 3.05) is 28.4 Å². The number of halogens is 8. The van der Waals surface area contributed by atoms with Crippen molar-refractivity contribution < 1.29 is 84.3 Å². The second-order valence-electron chi connectivity index (χ2n) is 25.3. The van der Waals surface area contributed by atoms with Gasteiger partial charge in [-0.15, -0.1) is 6.58 Å². The van der Waals surface area contributed by atoms with Crippen LogP contribution < -0.4 is 0 Å². The average molecular weight is 1530 g/mol. The van der Waals surface area contributed by atoms with Gasteiger partial charge in [-0.1, -0.05) is 141 Å². The first kappa shape index (κ1) is 91.9. The fraction of sp³-hybridized carbons (Fsp3) is 0.400. The number of ether oxygens (including phenoxy) is 4. The van der Waals surface area contributed by atoms with Crippen molar-refractivity contribution in [1.29, 1.82) is 0 Å². The van der Waals surface area contributed by atoms with Gasteiger partial charge in [0.1, 0.15) is 34.9 Å². The van der Waals surface area contributed by atoms with E-state index in [0.29, 0.717) is 47.9 Å². The van der Waals surface area contributed by atoms with Crippen LogP contribution in [0.15, 0.2) is 131 Å². The first-order valence-electron chi connectivity index (χ1n) is 32.2. The number of carbonyl (C=O) groups excluding carboxylic acids is 4. The first-order valence-corrected chi connectivity index (χ1v) is 33.7. The molecule has 20 heteroatoms. The minimum atomic E-state index is -0.901. The molecule has 6 rings (SSSR count). The second-order valence-corrected chi connectivity index (χ2v) is 27.0. The van der Waals surface area contributed by atoms with Gasteiger partial charge in [-0.2, -0.15) is 0 Å². The van der Waals surface area contributed by atoms with Gasteiger partial charge in [-0.25, -0.2) is 26.3 Å². The number of hydrogen-bond donors (Lipinski definition) is 2. The average Bonchev–Trinajstić information content (AvgIpc) is 0.807. The number of carboxylic acids is 2. The summed E-state index contributed by atoms with van der Waals surface area (Å²) in [5, 5.41) is 17.8. The molecule has 6 atom stereocenters. The van der Waals surface area contributed by atoms with Crippen LogP contribution in [0, 0.1) is 34.9 Å². The topological polar surface area (TPSA) is 180 Å². The van der Waals surface area contributed by atoms with Crippen LogP contribution in [0.2, 0.25) is 0 Å². The van der Waals surface area contributed by atoms with Crippen LogP contribution in [0.4, 0.5) is 26.3 Å². The molecule has 6 aromatic rings. The van der Waals surface area contributed by atoms with Gasteiger partial charge >= 0.3 is 35.8 Å². The number of esters is 4. The Kier molecular flexibility index (Phi) is 40.6. The molecule has 0 aliphatic carbocycles. The maximum Gasteiger partial charge on any atom is 0.312 e. The lowest BCUT2D eigenvalue weighted by molar-refractivity contribution is -0.142. The lowest BCUT2D eigenvalue weighted by Gasteiger charge is -2.23. The van der Waals surface area contributed by atoms with Crippen molar-refractivity contribution in [3.8, 4) is 0 Å². The molecule has 0 amide bonds. The number of benzene rings is 6. The van der Waals surface area contributed by atoms with Gasteiger partial charge in [0.2, 0.25) is 0 Å². The molecule has 6 aromatic carbocycles. The minimum Gasteiger partial charge on any atom is -0.481 e. The van der Waals surface area contributed by atoms with Gasteiger partial charge in [-0.05, 0) is 232 Å². The van der Waals surface area contributed by atoms with Crippen molar-refractivity contribution in [3.05, 3.63) is 233 Å². The maximum absolute atomic E-state index is 13.8. The summed E-state index contributed by atoms with van der Waals surface area (Å²) in [5.41, 5.74) is 11.7. The number of aliphatic carboxylic acids is 2. The molecule has 0 spiro atoms. The third-order valence-corrected chi connectivity index (χ3v) is 16.8. The van der Waals surface area contributed by atoms with E-state index in [9.17, 15) is 60.2 Å². The van der Waals surface area contributed by atoms with Gasteiger partial charge in [0.05, 0.1) is 63.9 Å². The van der Waals surface area contributed by atoms with Crippen LogP contribution in [0.25, 0.3) is 11.1 Å². The highest BCUT2D eigenvalue weighted by Gasteiger charge is 2.29. The number of rotatable bonds is 18. The van der Waals surface area contributed by atoms with E-state index in [2.05, 4.69) is 61.1 Å². The van der Waals surface area contributed by atoms with Crippen molar-refractivity contribution in [2.45, 2.75) is 184 Å². The molecule has 0 fully saturated rings. The molecule has 0 saturated carbocycles. The molecule has 0 heterocycles. The SMILES string of the molecule is C=C(C)C.C=C(C)c1cc(F)cc(C(=C)C)c1C(C)C(=O)OC.CC(C(=O)O)c1ccc(F)cc1.CC(C)c1cc(F)cc(C(C)C)c1C(C)C(=O)O.COC(=O)C(C)c1c(Br)cc(F)cc1Br.COC(=O)C(C)c1c(C(C)C)cc(F)cc1C(C)C.COC(=O)C(C)c1ccc(F)cc1. The first-order chi connectivity index (χ1) is 46.3. The number of methoxy groups -OCH3 is 4. The molecule has 12 nitrogen and oxygen atoms in total. The fourth-order valence-corrected chi connectivity index (χ4v) is 11.8. The Hall–Kier alpha value is -8.10. The molecule has 2 N–H and O–H groups in total. The number of carbonyl (C=O) groups is 6. The van der Waals surface area contributed by atoms with Gasteiger partial charge in [0.15, 0.2) is 0 Å². The third kappa shape index (κ3) is 29.2. The van der Waals surface area contributed by atoms with Crippen LogP contribution >= 0.6 is 31.9 Å². The predicted octanol–water partition coefficient (Wildman–Crippen LogP) is 22.1. The van der Waals surface area contributed by atoms with E-state index >= 15 is 0 Å². The van der Waals surface area contributed by atoms with Crippen LogP contribution in [-0.4, -0.2) is 74.5 Å². The second kappa shape index (κ2) is 44.2. The Morgan fingerprint density at radius 1 is 0.340 bits per heavy atom. The van der Waals surface area contributed by atoms with Crippen molar-refractivity contribution in [2.24, 2.45) is 0 Å². The maximum atomic E-state index is 13.8. The zero-order valence-electron chi connectivity index (χ0n) is 61.6. The quantitative estimate of drug-likeness (QED) is 0.0360. The molecule has 0 radical (unpaired) electrons. The van der Waals surface area contributed by atoms with E-state index in [1.807, 2.05) is 76.2 Å². The Morgan fingerprint density at radius 3 is 0.830 bits per heavy atom. The molecule has 0 saturated heterocycles. The molecular weight excluding hydrogens is 1430 g/mol. The van der Waals surface area contributed by atoms with Crippen LogP contribution in [0.1, 0.15) is 251 Å². The lowest BCUT2D eigenvalue weighted by atomic mass is 9.82. The van der Waals surface area contributed by atoms with E-state index in [1.165, 1.54) is 119 Å². The van der Waals surface area contributed by atoms with Crippen molar-refractivity contribution >= 4 is 78.8 Å². The highest BCUT2D eigenvalue weighted by Crippen LogP contribution is 2.38. The van der Waals surface area contributed by atoms with Gasteiger partial charge in [0, 0.05) is 8.95 Å². The zero-order chi connectivity index (χ0) is 77.7. The van der Waals surface area contributed by atoms with Gasteiger partial charge in [-0.3, -0.25) is 28.8 Å². The van der Waals surface area contributed by atoms with Crippen LogP contribution in [-0.2, 0) is 47.7 Å². The van der Waals surface area contributed by atoms with Crippen LogP contribution in [0.3, 0.4) is 0 Å². The Bertz CT molecular complexity index is 3630. The minimum absolute atomic E-state index is 0.106. The summed E-state index contributed by atoms with van der Waals surface area (Å²) in [5.74, 6) is -7.31. The molecular formula is C80H100Br2F6O12. The van der Waals surface area contributed by atoms with E-state index in [0.717, 1.165) is 38.9 Å². The fourth-order valence-electron chi connectivity index (χ4n) is 9.96. The Balaban J connectivity index is 0.00000117. The third-order valence-electron chi connectivity index (χ3n) is 15.4. The normalized spacial score (nSPS) is 12.3. The Labute approximate surface area is 604 Å². The van der Waals surface area contributed by atoms with Gasteiger partial charge < -0.3 is 29.2 Å². The van der Waals surface area contributed by atoms with E-state index < -0.39 is 35.6 Å². The summed E-state index contributed by atoms with van der Waals surface area (Å²) in [6.07, 6.45) is 0. The summed E-state index contributed by atoms with van der Waals surface area (Å²) in [4.78, 5) is 67.8. The zero-order valence-corrected chi connectivity index (χ0v) is 64.8. The molecule has 548 valence electrons. The molecule has 0 bridgehead atoms. The summed E-state index contributed by atoms with van der Waals surface area (Å²) < 4.78 is 98.9. The summed E-state index contributed by atoms with van der Waals surface area (Å²) in [7, 11) is 5.38. The molecule has 100 heavy (non-hydrogen) atoms. The van der Waals surface area contributed by atoms with E-state index in [-0.39, 0.29) is 94.3 Å². The summed E-state index contributed by atoms with van der Waals surface area (Å²) >= 11 is 6.44. The Morgan fingerprint density at radius 2 is 0.570 bits per heavy atom. The standard InChI is InChI=1S/C16H23FO2.C16H19FO2.C15H21FO2.C10H9Br2FO2.C10H11FO2.C9H9FO2.C4H8/c2*1-9(2)13-7-12(17)8-14(10(3)4)15(13)11(5)16(18)19-6;1-8(2)12-6-11(16)7-13(9(3)4)14(12)10(5)15(17)18;1-5(10(14)15-2)9-7(11)3-6(13)4-8(9)12;1-7(10(12)13-2)8-3-5-9(11)6-4-8;1-6(9(11)12)7-2-4-8(10)5-3-7;1-4(2)3/h7-11H,1-6H3;7-8,11H,1,3H2,2,4-6H3;6-10H,1-5H3,(H,17,18);3-5H,1-2H3;3-7H,1-2H3;2-6H,1H3,(H,11,12);1H2,2-3H3. The largest absolute Gasteiger partial charge is 0.481 e. The monoisotopic (exact) mass is 1520 g/mol. The van der Waals surface area contributed by atoms with Crippen molar-refractivity contribution in [1.82, 2.24) is 0 Å². The molecule has 0 aliphatic heterocycles. The lowest BCUT2D eigenvalue weighted by Crippen LogP contribution is -2.16. The number of allylic oxidation sites excluding steroid dienone is 3. The predicted molar refractivity (Wildman–Crippen MR) is 394 cm³/mol. The molecule has 0 aromatic heterocycles. The summed E-state index contributed by atoms with van der Waals surface area (Å²) in [6, 6.07) is 22.7. The number of carboxylic acid groups (broad SMARTS) is 2. The van der Waals surface area contributed by atoms with Crippen molar-refractivity contribution in [3.63, 3.8) is 0 Å². The van der Waals surface area contributed by atoms with E-state index in [1.54, 1.807) is 60.6 Å².